The van der Waals surface area contributed by atoms with Gasteiger partial charge in [0, 0.05) is 18.7 Å². The van der Waals surface area contributed by atoms with Gasteiger partial charge in [-0.1, -0.05) is 20.8 Å². The van der Waals surface area contributed by atoms with Crippen molar-refractivity contribution in [2.75, 3.05) is 37.2 Å². The molecule has 0 atom stereocenters. The minimum atomic E-state index is 0.577. The van der Waals surface area contributed by atoms with Crippen molar-refractivity contribution < 1.29 is 0 Å². The molecule has 5 heteroatoms. The van der Waals surface area contributed by atoms with Gasteiger partial charge in [0.2, 0.25) is 0 Å². The lowest BCUT2D eigenvalue weighted by Gasteiger charge is -2.19. The number of likely N-dealkylation sites (N-methyl/N-ethyl adjacent to an activating group) is 1. The Morgan fingerprint density at radius 2 is 1.94 bits per heavy atom. The van der Waals surface area contributed by atoms with Crippen LogP contribution in [0.3, 0.4) is 0 Å². The van der Waals surface area contributed by atoms with Gasteiger partial charge in [-0.25, -0.2) is 9.97 Å². The van der Waals surface area contributed by atoms with Gasteiger partial charge in [0.15, 0.2) is 0 Å². The van der Waals surface area contributed by atoms with Crippen LogP contribution in [0.25, 0.3) is 0 Å². The van der Waals surface area contributed by atoms with Crippen molar-refractivity contribution in [3.8, 4) is 0 Å². The van der Waals surface area contributed by atoms with E-state index in [0.29, 0.717) is 5.82 Å². The van der Waals surface area contributed by atoms with Gasteiger partial charge >= 0.3 is 0 Å². The molecule has 1 heterocycles. The van der Waals surface area contributed by atoms with Crippen LogP contribution >= 0.6 is 0 Å². The van der Waals surface area contributed by atoms with Crippen LogP contribution in [-0.2, 0) is 6.42 Å². The van der Waals surface area contributed by atoms with Crippen LogP contribution in [0.2, 0.25) is 0 Å². The van der Waals surface area contributed by atoms with E-state index in [2.05, 4.69) is 41.0 Å². The molecular weight excluding hydrogens is 214 g/mol. The van der Waals surface area contributed by atoms with Crippen molar-refractivity contribution in [3.63, 3.8) is 0 Å². The first-order valence-electron chi connectivity index (χ1n) is 6.28. The fourth-order valence-electron chi connectivity index (χ4n) is 1.80. The standard InChI is InChI=1S/C12H23N5/c1-4-10-11(13)15-9-16-12(10)14-7-8-17(5-2)6-3/h9H,4-8H2,1-3H3,(H3,13,14,15,16). The van der Waals surface area contributed by atoms with Gasteiger partial charge < -0.3 is 16.0 Å². The van der Waals surface area contributed by atoms with E-state index in [1.165, 1.54) is 6.33 Å². The van der Waals surface area contributed by atoms with E-state index >= 15 is 0 Å². The highest BCUT2D eigenvalue weighted by atomic mass is 15.1. The lowest BCUT2D eigenvalue weighted by molar-refractivity contribution is 0.316. The molecule has 0 aliphatic carbocycles. The summed E-state index contributed by atoms with van der Waals surface area (Å²) in [5, 5.41) is 3.33. The fraction of sp³-hybridized carbons (Fsp3) is 0.667. The predicted molar refractivity (Wildman–Crippen MR) is 72.1 cm³/mol. The zero-order valence-corrected chi connectivity index (χ0v) is 11.0. The average molecular weight is 237 g/mol. The van der Waals surface area contributed by atoms with Crippen LogP contribution in [0.1, 0.15) is 26.3 Å². The first kappa shape index (κ1) is 13.7. The molecule has 1 rings (SSSR count). The Morgan fingerprint density at radius 1 is 1.24 bits per heavy atom. The summed E-state index contributed by atoms with van der Waals surface area (Å²) >= 11 is 0. The van der Waals surface area contributed by atoms with E-state index in [-0.39, 0.29) is 0 Å². The third-order valence-electron chi connectivity index (χ3n) is 2.95. The van der Waals surface area contributed by atoms with E-state index in [9.17, 15) is 0 Å². The SMILES string of the molecule is CCc1c(N)ncnc1NCCN(CC)CC. The zero-order valence-electron chi connectivity index (χ0n) is 11.0. The van der Waals surface area contributed by atoms with Gasteiger partial charge in [-0.05, 0) is 19.5 Å². The number of nitrogens with one attached hydrogen (secondary N) is 1. The Morgan fingerprint density at radius 3 is 2.53 bits per heavy atom. The van der Waals surface area contributed by atoms with Gasteiger partial charge in [0.25, 0.3) is 0 Å². The smallest absolute Gasteiger partial charge is 0.134 e. The number of hydrogen-bond donors (Lipinski definition) is 2. The highest BCUT2D eigenvalue weighted by Gasteiger charge is 2.06. The molecule has 5 nitrogen and oxygen atoms in total. The zero-order chi connectivity index (χ0) is 12.7. The first-order valence-corrected chi connectivity index (χ1v) is 6.28. The van der Waals surface area contributed by atoms with Gasteiger partial charge in [-0.2, -0.15) is 0 Å². The lowest BCUT2D eigenvalue weighted by atomic mass is 10.2. The largest absolute Gasteiger partial charge is 0.383 e. The summed E-state index contributed by atoms with van der Waals surface area (Å²) in [7, 11) is 0. The number of nitrogens with zero attached hydrogens (tertiary/aromatic N) is 3. The number of hydrogen-bond acceptors (Lipinski definition) is 5. The molecule has 0 spiro atoms. The van der Waals surface area contributed by atoms with Crippen molar-refractivity contribution in [1.29, 1.82) is 0 Å². The van der Waals surface area contributed by atoms with E-state index in [4.69, 9.17) is 5.73 Å². The molecule has 1 aromatic rings. The summed E-state index contributed by atoms with van der Waals surface area (Å²) < 4.78 is 0. The molecule has 0 amide bonds. The third-order valence-corrected chi connectivity index (χ3v) is 2.95. The average Bonchev–Trinajstić information content (AvgIpc) is 2.35. The van der Waals surface area contributed by atoms with Gasteiger partial charge in [-0.15, -0.1) is 0 Å². The van der Waals surface area contributed by atoms with Gasteiger partial charge in [-0.3, -0.25) is 0 Å². The Bertz CT molecular complexity index is 336. The van der Waals surface area contributed by atoms with Crippen molar-refractivity contribution >= 4 is 11.6 Å². The molecule has 17 heavy (non-hydrogen) atoms. The summed E-state index contributed by atoms with van der Waals surface area (Å²) in [5.41, 5.74) is 6.82. The normalized spacial score (nSPS) is 10.8. The van der Waals surface area contributed by atoms with Crippen LogP contribution in [-0.4, -0.2) is 41.0 Å². The van der Waals surface area contributed by atoms with Crippen molar-refractivity contribution in [2.45, 2.75) is 27.2 Å². The van der Waals surface area contributed by atoms with Crippen LogP contribution in [0.15, 0.2) is 6.33 Å². The van der Waals surface area contributed by atoms with Gasteiger partial charge in [0.1, 0.15) is 18.0 Å². The minimum Gasteiger partial charge on any atom is -0.383 e. The number of rotatable bonds is 7. The molecule has 96 valence electrons. The number of nitrogen functional groups attached to an aromatic ring is 1. The molecule has 0 fully saturated rings. The maximum absolute atomic E-state index is 5.81. The van der Waals surface area contributed by atoms with Gasteiger partial charge in [0.05, 0.1) is 0 Å². The van der Waals surface area contributed by atoms with Crippen LogP contribution in [0, 0.1) is 0 Å². The number of nitrogens with two attached hydrogens (primary N) is 1. The Balaban J connectivity index is 2.54. The van der Waals surface area contributed by atoms with E-state index in [1.807, 2.05) is 0 Å². The first-order chi connectivity index (χ1) is 8.22. The van der Waals surface area contributed by atoms with E-state index in [1.54, 1.807) is 0 Å². The van der Waals surface area contributed by atoms with E-state index in [0.717, 1.165) is 44.0 Å². The second-order valence-electron chi connectivity index (χ2n) is 3.89. The van der Waals surface area contributed by atoms with Crippen molar-refractivity contribution in [3.05, 3.63) is 11.9 Å². The van der Waals surface area contributed by atoms with E-state index < -0.39 is 0 Å². The predicted octanol–water partition coefficient (Wildman–Crippen LogP) is 1.37. The molecule has 0 saturated heterocycles. The fourth-order valence-corrected chi connectivity index (χ4v) is 1.80. The Hall–Kier alpha value is -1.36. The molecule has 0 saturated carbocycles. The summed E-state index contributed by atoms with van der Waals surface area (Å²) in [6.07, 6.45) is 2.36. The molecule has 0 aliphatic rings. The third kappa shape index (κ3) is 3.85. The molecule has 0 radical (unpaired) electrons. The second kappa shape index (κ2) is 7.06. The summed E-state index contributed by atoms with van der Waals surface area (Å²) in [5.74, 6) is 1.44. The highest BCUT2D eigenvalue weighted by Crippen LogP contribution is 2.16. The van der Waals surface area contributed by atoms with Crippen molar-refractivity contribution in [1.82, 2.24) is 14.9 Å². The second-order valence-corrected chi connectivity index (χ2v) is 3.89. The summed E-state index contributed by atoms with van der Waals surface area (Å²) in [6, 6.07) is 0. The molecular formula is C12H23N5. The molecule has 0 bridgehead atoms. The van der Waals surface area contributed by atoms with Crippen LogP contribution < -0.4 is 11.1 Å². The maximum Gasteiger partial charge on any atom is 0.134 e. The minimum absolute atomic E-state index is 0.577. The molecule has 1 aromatic heterocycles. The highest BCUT2D eigenvalue weighted by molar-refractivity contribution is 5.54. The molecule has 0 aromatic carbocycles. The molecule has 0 aliphatic heterocycles. The molecule has 3 N–H and O–H groups in total. The maximum atomic E-state index is 5.81. The lowest BCUT2D eigenvalue weighted by Crippen LogP contribution is -2.29. The Labute approximate surface area is 103 Å². The molecule has 0 unspecified atom stereocenters. The quantitative estimate of drug-likeness (QED) is 0.750. The number of aromatic nitrogens is 2. The van der Waals surface area contributed by atoms with Crippen molar-refractivity contribution in [2.24, 2.45) is 0 Å². The van der Waals surface area contributed by atoms with Crippen LogP contribution in [0.4, 0.5) is 11.6 Å². The monoisotopic (exact) mass is 237 g/mol. The Kier molecular flexibility index (Phi) is 5.69. The summed E-state index contributed by atoms with van der Waals surface area (Å²) in [6.45, 7) is 10.4. The van der Waals surface area contributed by atoms with Crippen LogP contribution in [0.5, 0.6) is 0 Å². The number of anilines is 2. The topological polar surface area (TPSA) is 67.1 Å². The summed E-state index contributed by atoms with van der Waals surface area (Å²) in [4.78, 5) is 10.6.